The van der Waals surface area contributed by atoms with Gasteiger partial charge in [0, 0.05) is 18.1 Å². The molecule has 1 spiro atoms. The zero-order chi connectivity index (χ0) is 22.3. The molecule has 10 heteroatoms. The van der Waals surface area contributed by atoms with E-state index in [9.17, 15) is 18.0 Å². The van der Waals surface area contributed by atoms with Crippen LogP contribution in [0.3, 0.4) is 0 Å². The number of rotatable bonds is 4. The second-order valence-electron chi connectivity index (χ2n) is 10.7. The summed E-state index contributed by atoms with van der Waals surface area (Å²) in [4.78, 5) is 26.1. The van der Waals surface area contributed by atoms with Crippen molar-refractivity contribution in [3.63, 3.8) is 0 Å². The van der Waals surface area contributed by atoms with Crippen molar-refractivity contribution in [3.8, 4) is 0 Å². The predicted molar refractivity (Wildman–Crippen MR) is 115 cm³/mol. The maximum Gasteiger partial charge on any atom is 0.419 e. The van der Waals surface area contributed by atoms with Crippen LogP contribution in [0.4, 0.5) is 9.59 Å². The maximum atomic E-state index is 13.2. The van der Waals surface area contributed by atoms with E-state index >= 15 is 0 Å². The van der Waals surface area contributed by atoms with Gasteiger partial charge in [0.2, 0.25) is 0 Å². The van der Waals surface area contributed by atoms with Gasteiger partial charge < -0.3 is 15.3 Å². The summed E-state index contributed by atoms with van der Waals surface area (Å²) in [6, 6.07) is 8.48. The number of fused-ring (bicyclic) bond motifs is 1. The zero-order valence-corrected chi connectivity index (χ0v) is 18.5. The van der Waals surface area contributed by atoms with Gasteiger partial charge in [0.15, 0.2) is 0 Å². The van der Waals surface area contributed by atoms with Crippen molar-refractivity contribution in [1.29, 1.82) is 0 Å². The minimum absolute atomic E-state index is 0.00236. The molecule has 1 aromatic carbocycles. The zero-order valence-electron chi connectivity index (χ0n) is 17.7. The van der Waals surface area contributed by atoms with Gasteiger partial charge in [-0.3, -0.25) is 0 Å². The first-order valence-corrected chi connectivity index (χ1v) is 12.8. The topological polar surface area (TPSA) is 128 Å². The quantitative estimate of drug-likeness (QED) is 0.543. The first-order valence-electron chi connectivity index (χ1n) is 11.4. The van der Waals surface area contributed by atoms with Crippen LogP contribution in [0.25, 0.3) is 0 Å². The fourth-order valence-electron chi connectivity index (χ4n) is 7.93. The van der Waals surface area contributed by atoms with Gasteiger partial charge in [-0.25, -0.2) is 14.3 Å². The molecule has 4 N–H and O–H groups in total. The van der Waals surface area contributed by atoms with Gasteiger partial charge in [-0.1, -0.05) is 24.3 Å². The summed E-state index contributed by atoms with van der Waals surface area (Å²) in [6.07, 6.45) is 4.11. The molecule has 1 saturated heterocycles. The molecule has 3 amide bonds. The van der Waals surface area contributed by atoms with Crippen LogP contribution < -0.4 is 14.8 Å². The molecule has 7 rings (SSSR count). The van der Waals surface area contributed by atoms with Crippen molar-refractivity contribution in [2.45, 2.75) is 62.1 Å². The number of nitrogens with zero attached hydrogens (tertiary/aromatic N) is 1. The van der Waals surface area contributed by atoms with Crippen molar-refractivity contribution < 1.29 is 23.1 Å². The Morgan fingerprint density at radius 2 is 1.72 bits per heavy atom. The molecule has 0 radical (unpaired) electrons. The van der Waals surface area contributed by atoms with Crippen molar-refractivity contribution >= 4 is 22.3 Å². The molecule has 4 saturated carbocycles. The largest absolute Gasteiger partial charge is 0.464 e. The molecule has 2 atom stereocenters. The van der Waals surface area contributed by atoms with Crippen LogP contribution in [0.2, 0.25) is 0 Å². The van der Waals surface area contributed by atoms with E-state index in [2.05, 4.69) is 22.2 Å². The molecule has 2 unspecified atom stereocenters. The summed E-state index contributed by atoms with van der Waals surface area (Å²) in [6.45, 7) is 0.683. The fraction of sp³-hybridized carbons (Fsp3) is 0.636. The Labute approximate surface area is 187 Å². The third-order valence-electron chi connectivity index (χ3n) is 8.44. The molecule has 172 valence electrons. The SMILES string of the molecule is O=C(O)NS(=O)(=O)NC12CC3CC(C1)C(N1CC4(Cc5ccccc5C4)NC1=O)C(C3)C2. The minimum Gasteiger partial charge on any atom is -0.464 e. The lowest BCUT2D eigenvalue weighted by molar-refractivity contribution is -0.0667. The molecule has 9 nitrogen and oxygen atoms in total. The highest BCUT2D eigenvalue weighted by Crippen LogP contribution is 2.57. The Morgan fingerprint density at radius 1 is 1.09 bits per heavy atom. The molecule has 1 aromatic rings. The summed E-state index contributed by atoms with van der Waals surface area (Å²) in [5.74, 6) is 0.851. The smallest absolute Gasteiger partial charge is 0.419 e. The average Bonchev–Trinajstić information content (AvgIpc) is 3.16. The molecule has 5 fully saturated rings. The Morgan fingerprint density at radius 3 is 2.31 bits per heavy atom. The van der Waals surface area contributed by atoms with Crippen molar-refractivity contribution in [2.75, 3.05) is 6.54 Å². The van der Waals surface area contributed by atoms with Gasteiger partial charge in [-0.05, 0) is 73.8 Å². The van der Waals surface area contributed by atoms with Crippen LogP contribution in [0.15, 0.2) is 24.3 Å². The van der Waals surface area contributed by atoms with Crippen LogP contribution in [0.5, 0.6) is 0 Å². The highest BCUT2D eigenvalue weighted by atomic mass is 32.2. The third-order valence-corrected chi connectivity index (χ3v) is 9.58. The normalized spacial score (nSPS) is 36.4. The molecule has 4 bridgehead atoms. The summed E-state index contributed by atoms with van der Waals surface area (Å²) >= 11 is 0. The lowest BCUT2D eigenvalue weighted by atomic mass is 9.51. The Bertz CT molecular complexity index is 1060. The van der Waals surface area contributed by atoms with Crippen LogP contribution in [-0.2, 0) is 23.1 Å². The number of carbonyl (C=O) groups excluding carboxylic acids is 1. The number of hydrogen-bond donors (Lipinski definition) is 4. The van der Waals surface area contributed by atoms with Gasteiger partial charge in [-0.15, -0.1) is 0 Å². The van der Waals surface area contributed by atoms with Gasteiger partial charge in [0.25, 0.3) is 0 Å². The van der Waals surface area contributed by atoms with Gasteiger partial charge in [0.05, 0.1) is 5.54 Å². The first-order chi connectivity index (χ1) is 15.1. The molecule has 32 heavy (non-hydrogen) atoms. The fourth-order valence-corrected chi connectivity index (χ4v) is 9.03. The van der Waals surface area contributed by atoms with Gasteiger partial charge in [0.1, 0.15) is 0 Å². The predicted octanol–water partition coefficient (Wildman–Crippen LogP) is 1.60. The maximum absolute atomic E-state index is 13.2. The van der Waals surface area contributed by atoms with E-state index in [0.29, 0.717) is 25.3 Å². The third kappa shape index (κ3) is 3.18. The number of amides is 3. The molecular weight excluding hydrogens is 432 g/mol. The summed E-state index contributed by atoms with van der Waals surface area (Å²) in [7, 11) is -4.13. The molecule has 6 aliphatic rings. The Hall–Kier alpha value is -2.33. The first kappa shape index (κ1) is 20.3. The highest BCUT2D eigenvalue weighted by molar-refractivity contribution is 7.88. The van der Waals surface area contributed by atoms with Gasteiger partial charge >= 0.3 is 22.3 Å². The summed E-state index contributed by atoms with van der Waals surface area (Å²) in [5, 5.41) is 12.2. The van der Waals surface area contributed by atoms with Crippen molar-refractivity contribution in [2.24, 2.45) is 17.8 Å². The molecule has 1 aliphatic heterocycles. The number of carboxylic acid groups (broad SMARTS) is 1. The summed E-state index contributed by atoms with van der Waals surface area (Å²) < 4.78 is 28.9. The standard InChI is InChI=1S/C22H28N4O5S/c27-19-23-22(8-14-3-1-2-4-15(14)9-22)12-26(19)18-16-5-13-6-17(18)11-21(7-13,10-16)25-32(30,31)24-20(28)29/h1-4,13,16-18,24-25H,5-12H2,(H,23,27)(H,28,29). The van der Waals surface area contributed by atoms with E-state index < -0.39 is 21.8 Å². The number of nitrogens with one attached hydrogen (secondary N) is 3. The van der Waals surface area contributed by atoms with E-state index in [1.807, 2.05) is 17.0 Å². The van der Waals surface area contributed by atoms with Crippen LogP contribution >= 0.6 is 0 Å². The highest BCUT2D eigenvalue weighted by Gasteiger charge is 2.60. The Kier molecular flexibility index (Phi) is 4.18. The van der Waals surface area contributed by atoms with E-state index in [4.69, 9.17) is 5.11 Å². The van der Waals surface area contributed by atoms with E-state index in [-0.39, 0.29) is 29.4 Å². The van der Waals surface area contributed by atoms with Crippen molar-refractivity contribution in [1.82, 2.24) is 19.7 Å². The molecule has 5 aliphatic carbocycles. The Balaban J connectivity index is 1.22. The van der Waals surface area contributed by atoms with Crippen molar-refractivity contribution in [3.05, 3.63) is 35.4 Å². The lowest BCUT2D eigenvalue weighted by Gasteiger charge is -2.61. The molecular formula is C22H28N4O5S. The second kappa shape index (κ2) is 6.60. The van der Waals surface area contributed by atoms with E-state index in [0.717, 1.165) is 32.1 Å². The van der Waals surface area contributed by atoms with E-state index in [1.54, 1.807) is 4.72 Å². The number of carbonyl (C=O) groups is 2. The monoisotopic (exact) mass is 460 g/mol. The number of benzene rings is 1. The van der Waals surface area contributed by atoms with E-state index in [1.165, 1.54) is 11.1 Å². The average molecular weight is 461 g/mol. The lowest BCUT2D eigenvalue weighted by Crippen LogP contribution is -2.67. The second-order valence-corrected chi connectivity index (χ2v) is 12.1. The van der Waals surface area contributed by atoms with Crippen LogP contribution in [0.1, 0.15) is 43.2 Å². The summed E-state index contributed by atoms with van der Waals surface area (Å²) in [5.41, 5.74) is 1.74. The number of urea groups is 1. The molecule has 0 aromatic heterocycles. The van der Waals surface area contributed by atoms with Gasteiger partial charge in [-0.2, -0.15) is 13.1 Å². The van der Waals surface area contributed by atoms with Crippen LogP contribution in [-0.4, -0.2) is 54.2 Å². The molecule has 1 heterocycles. The number of hydrogen-bond acceptors (Lipinski definition) is 4. The van der Waals surface area contributed by atoms with Crippen LogP contribution in [0, 0.1) is 17.8 Å². The minimum atomic E-state index is -4.13.